The van der Waals surface area contributed by atoms with E-state index >= 15 is 0 Å². The van der Waals surface area contributed by atoms with E-state index < -0.39 is 5.82 Å². The number of piperidine rings is 1. The second-order valence-corrected chi connectivity index (χ2v) is 8.31. The number of ether oxygens (including phenoxy) is 1. The minimum absolute atomic E-state index is 0.202. The highest BCUT2D eigenvalue weighted by Crippen LogP contribution is 2.56. The van der Waals surface area contributed by atoms with Gasteiger partial charge in [0.1, 0.15) is 23.8 Å². The van der Waals surface area contributed by atoms with Crippen LogP contribution in [0.2, 0.25) is 0 Å². The molecule has 8 nitrogen and oxygen atoms in total. The van der Waals surface area contributed by atoms with E-state index in [4.69, 9.17) is 9.72 Å². The molecule has 0 radical (unpaired) electrons. The van der Waals surface area contributed by atoms with E-state index in [-0.39, 0.29) is 24.1 Å². The van der Waals surface area contributed by atoms with Crippen LogP contribution in [0, 0.1) is 11.7 Å². The van der Waals surface area contributed by atoms with Gasteiger partial charge in [0.05, 0.1) is 18.4 Å². The topological polar surface area (TPSA) is 84.6 Å². The molecule has 3 aromatic heterocycles. The van der Waals surface area contributed by atoms with Crippen LogP contribution in [0.1, 0.15) is 37.0 Å². The average molecular weight is 410 g/mol. The summed E-state index contributed by atoms with van der Waals surface area (Å²) in [7, 11) is 0. The number of aromatic nitrogens is 4. The molecule has 1 aliphatic carbocycles. The maximum Gasteiger partial charge on any atom is 0.257 e. The van der Waals surface area contributed by atoms with Gasteiger partial charge >= 0.3 is 0 Å². The predicted molar refractivity (Wildman–Crippen MR) is 108 cm³/mol. The first-order valence-electron chi connectivity index (χ1n) is 10.1. The van der Waals surface area contributed by atoms with Gasteiger partial charge < -0.3 is 15.0 Å². The van der Waals surface area contributed by atoms with Gasteiger partial charge in [-0.3, -0.25) is 4.79 Å². The van der Waals surface area contributed by atoms with Crippen molar-refractivity contribution in [1.29, 1.82) is 0 Å². The number of amides is 1. The lowest BCUT2D eigenvalue weighted by Gasteiger charge is -2.26. The average Bonchev–Trinajstić information content (AvgIpc) is 3.07. The molecule has 3 atom stereocenters. The summed E-state index contributed by atoms with van der Waals surface area (Å²) in [5.41, 5.74) is 1.15. The van der Waals surface area contributed by atoms with Gasteiger partial charge in [0, 0.05) is 24.3 Å². The Morgan fingerprint density at radius 3 is 2.97 bits per heavy atom. The summed E-state index contributed by atoms with van der Waals surface area (Å²) in [5, 5.41) is 7.16. The van der Waals surface area contributed by atoms with E-state index in [2.05, 4.69) is 27.2 Å². The van der Waals surface area contributed by atoms with Crippen LogP contribution in [-0.4, -0.2) is 50.2 Å². The molecule has 1 amide bonds. The lowest BCUT2D eigenvalue weighted by molar-refractivity contribution is 0.0927. The molecule has 3 aromatic rings. The van der Waals surface area contributed by atoms with Crippen LogP contribution in [0.25, 0.3) is 5.65 Å². The summed E-state index contributed by atoms with van der Waals surface area (Å²) in [4.78, 5) is 23.8. The molecule has 0 aromatic carbocycles. The molecule has 9 heteroatoms. The number of carbonyl (C=O) groups excluding carboxylic acids is 1. The van der Waals surface area contributed by atoms with Crippen molar-refractivity contribution in [3.63, 3.8) is 0 Å². The molecule has 5 rings (SSSR count). The molecule has 30 heavy (non-hydrogen) atoms. The number of nitrogens with one attached hydrogen (secondary N) is 1. The van der Waals surface area contributed by atoms with E-state index in [1.54, 1.807) is 4.52 Å². The predicted octanol–water partition coefficient (Wildman–Crippen LogP) is 2.45. The molecule has 4 heterocycles. The van der Waals surface area contributed by atoms with Gasteiger partial charge in [-0.25, -0.2) is 18.9 Å². The highest BCUT2D eigenvalue weighted by Gasteiger charge is 2.58. The minimum Gasteiger partial charge on any atom is -0.475 e. The van der Waals surface area contributed by atoms with Gasteiger partial charge in [-0.15, -0.1) is 0 Å². The van der Waals surface area contributed by atoms with E-state index in [1.807, 2.05) is 19.2 Å². The van der Waals surface area contributed by atoms with E-state index in [9.17, 15) is 9.18 Å². The number of hydrogen-bond acceptors (Lipinski definition) is 6. The third-order valence-corrected chi connectivity index (χ3v) is 6.13. The van der Waals surface area contributed by atoms with E-state index in [0.29, 0.717) is 17.1 Å². The highest BCUT2D eigenvalue weighted by molar-refractivity contribution is 5.99. The molecular weight excluding hydrogens is 387 g/mol. The summed E-state index contributed by atoms with van der Waals surface area (Å²) in [6, 6.07) is 4.40. The summed E-state index contributed by atoms with van der Waals surface area (Å²) >= 11 is 0. The Morgan fingerprint density at radius 2 is 2.27 bits per heavy atom. The summed E-state index contributed by atoms with van der Waals surface area (Å²) < 4.78 is 20.0. The van der Waals surface area contributed by atoms with Gasteiger partial charge in [-0.1, -0.05) is 0 Å². The normalized spacial score (nSPS) is 23.3. The fraction of sp³-hybridized carbons (Fsp3) is 0.429. The zero-order valence-corrected chi connectivity index (χ0v) is 16.9. The molecule has 1 saturated heterocycles. The fourth-order valence-electron chi connectivity index (χ4n) is 4.27. The number of anilines is 1. The number of carbonyl (C=O) groups is 1. The quantitative estimate of drug-likeness (QED) is 0.672. The molecule has 1 N–H and O–H groups in total. The van der Waals surface area contributed by atoms with Gasteiger partial charge in [0.25, 0.3) is 5.91 Å². The minimum atomic E-state index is -0.427. The molecule has 1 saturated carbocycles. The smallest absolute Gasteiger partial charge is 0.257 e. The van der Waals surface area contributed by atoms with Gasteiger partial charge in [0.2, 0.25) is 5.88 Å². The Balaban J connectivity index is 1.28. The lowest BCUT2D eigenvalue weighted by atomic mass is 10.2. The lowest BCUT2D eigenvalue weighted by Crippen LogP contribution is -2.37. The van der Waals surface area contributed by atoms with Crippen molar-refractivity contribution in [2.75, 3.05) is 18.1 Å². The zero-order chi connectivity index (χ0) is 20.9. The number of pyridine rings is 1. The first-order chi connectivity index (χ1) is 14.4. The molecule has 0 bridgehead atoms. The van der Waals surface area contributed by atoms with Crippen LogP contribution in [0.3, 0.4) is 0 Å². The number of rotatable bonds is 6. The summed E-state index contributed by atoms with van der Waals surface area (Å²) in [5.74, 6) is 1.24. The third kappa shape index (κ3) is 3.24. The molecule has 3 unspecified atom stereocenters. The molecule has 2 aliphatic rings. The van der Waals surface area contributed by atoms with Crippen LogP contribution in [-0.2, 0) is 0 Å². The Morgan fingerprint density at radius 1 is 1.40 bits per heavy atom. The molecule has 156 valence electrons. The Hall–Kier alpha value is -3.23. The molecular formula is C21H23FN6O2. The first kappa shape index (κ1) is 18.8. The van der Waals surface area contributed by atoms with Crippen LogP contribution < -0.4 is 15.0 Å². The van der Waals surface area contributed by atoms with Crippen molar-refractivity contribution in [2.45, 2.75) is 38.3 Å². The second-order valence-electron chi connectivity index (χ2n) is 8.31. The van der Waals surface area contributed by atoms with Crippen molar-refractivity contribution < 1.29 is 13.9 Å². The van der Waals surface area contributed by atoms with Crippen molar-refractivity contribution in [3.8, 4) is 5.88 Å². The maximum atomic E-state index is 12.9. The van der Waals surface area contributed by atoms with Crippen molar-refractivity contribution in [1.82, 2.24) is 24.9 Å². The number of fused-ring (bicyclic) bond motifs is 2. The Labute approximate surface area is 173 Å². The monoisotopic (exact) mass is 410 g/mol. The van der Waals surface area contributed by atoms with Gasteiger partial charge in [-0.05, 0) is 44.7 Å². The standard InChI is InChI=1S/C21H23FN6O2/c1-13(12-30-18-4-3-15(22)10-23-18)25-20(29)16-11-24-28-8-6-17(26-19(16)28)27-7-5-14-9-21(14,27)2/h3-4,6,8,10-11,13-14H,5,7,9,12H2,1-2H3,(H,25,29). The number of halogens is 1. The van der Waals surface area contributed by atoms with Gasteiger partial charge in [-0.2, -0.15) is 5.10 Å². The van der Waals surface area contributed by atoms with Gasteiger partial charge in [0.15, 0.2) is 5.65 Å². The number of nitrogens with zero attached hydrogens (tertiary/aromatic N) is 5. The number of hydrogen-bond donors (Lipinski definition) is 1. The Bertz CT molecular complexity index is 1100. The summed E-state index contributed by atoms with van der Waals surface area (Å²) in [6.07, 6.45) is 6.86. The maximum absolute atomic E-state index is 12.9. The van der Waals surface area contributed by atoms with E-state index in [1.165, 1.54) is 31.2 Å². The SMILES string of the molecule is CC(COc1ccc(F)cn1)NC(=O)c1cnn2ccc(N3CCC4CC43C)nc12. The fourth-order valence-corrected chi connectivity index (χ4v) is 4.27. The van der Waals surface area contributed by atoms with Crippen molar-refractivity contribution in [2.24, 2.45) is 5.92 Å². The Kier molecular flexibility index (Phi) is 4.34. The highest BCUT2D eigenvalue weighted by atomic mass is 19.1. The molecule has 0 spiro atoms. The zero-order valence-electron chi connectivity index (χ0n) is 16.9. The molecule has 1 aliphatic heterocycles. The second kappa shape index (κ2) is 6.93. The molecule has 2 fully saturated rings. The van der Waals surface area contributed by atoms with E-state index in [0.717, 1.165) is 24.5 Å². The summed E-state index contributed by atoms with van der Waals surface area (Å²) in [6.45, 7) is 5.30. The van der Waals surface area contributed by atoms with Crippen LogP contribution in [0.4, 0.5) is 10.2 Å². The largest absolute Gasteiger partial charge is 0.475 e. The van der Waals surface area contributed by atoms with Crippen molar-refractivity contribution >= 4 is 17.4 Å². The van der Waals surface area contributed by atoms with Crippen LogP contribution >= 0.6 is 0 Å². The van der Waals surface area contributed by atoms with Crippen molar-refractivity contribution in [3.05, 3.63) is 48.2 Å². The van der Waals surface area contributed by atoms with Crippen LogP contribution in [0.5, 0.6) is 5.88 Å². The first-order valence-corrected chi connectivity index (χ1v) is 10.1. The third-order valence-electron chi connectivity index (χ3n) is 6.13. The van der Waals surface area contributed by atoms with Crippen LogP contribution in [0.15, 0.2) is 36.8 Å².